The molecule has 0 aliphatic rings. The lowest BCUT2D eigenvalue weighted by Crippen LogP contribution is -2.11. The van der Waals surface area contributed by atoms with E-state index in [0.29, 0.717) is 0 Å². The molecule has 0 saturated heterocycles. The molecule has 1 rings (SSSR count). The second-order valence-corrected chi connectivity index (χ2v) is 2.86. The summed E-state index contributed by atoms with van der Waals surface area (Å²) in [4.78, 5) is 3.12. The molecule has 0 saturated carbocycles. The summed E-state index contributed by atoms with van der Waals surface area (Å²) in [5.74, 6) is 0.751. The van der Waals surface area contributed by atoms with Crippen LogP contribution in [0.2, 0.25) is 0 Å². The average molecular weight is 190 g/mol. The van der Waals surface area contributed by atoms with Gasteiger partial charge in [-0.1, -0.05) is 19.1 Å². The summed E-state index contributed by atoms with van der Waals surface area (Å²) in [5, 5.41) is 3.24. The van der Waals surface area contributed by atoms with Gasteiger partial charge in [0.2, 0.25) is 0 Å². The average Bonchev–Trinajstić information content (AvgIpc) is 2.25. The number of benzene rings is 1. The first-order valence-corrected chi connectivity index (χ1v) is 4.62. The highest BCUT2D eigenvalue weighted by Gasteiger charge is 1.95. The van der Waals surface area contributed by atoms with E-state index in [2.05, 4.69) is 17.1 Å². The lowest BCUT2D eigenvalue weighted by Gasteiger charge is -2.03. The lowest BCUT2D eigenvalue weighted by molar-refractivity contribution is 0.361. The summed E-state index contributed by atoms with van der Waals surface area (Å²) >= 11 is 0. The Balaban J connectivity index is 2.47. The van der Waals surface area contributed by atoms with Gasteiger partial charge in [-0.3, -0.25) is 4.85 Å². The highest BCUT2D eigenvalue weighted by molar-refractivity contribution is 5.27. The van der Waals surface area contributed by atoms with Crippen LogP contribution in [0.1, 0.15) is 12.5 Å². The van der Waals surface area contributed by atoms with Crippen molar-refractivity contribution in [3.05, 3.63) is 41.2 Å². The van der Waals surface area contributed by atoms with Gasteiger partial charge in [0.05, 0.1) is 0 Å². The van der Waals surface area contributed by atoms with Gasteiger partial charge in [0, 0.05) is 6.54 Å². The second-order valence-electron chi connectivity index (χ2n) is 2.86. The van der Waals surface area contributed by atoms with E-state index in [1.54, 1.807) is 0 Å². The summed E-state index contributed by atoms with van der Waals surface area (Å²) < 4.78 is 5.14. The van der Waals surface area contributed by atoms with Crippen molar-refractivity contribution in [1.82, 2.24) is 5.32 Å². The quantitative estimate of drug-likeness (QED) is 0.719. The second kappa shape index (κ2) is 6.01. The van der Waals surface area contributed by atoms with Crippen LogP contribution in [-0.4, -0.2) is 13.3 Å². The van der Waals surface area contributed by atoms with E-state index in [1.165, 1.54) is 5.56 Å². The van der Waals surface area contributed by atoms with Crippen LogP contribution in [0.4, 0.5) is 0 Å². The highest BCUT2D eigenvalue weighted by atomic mass is 16.5. The molecule has 1 aromatic rings. The Hall–Kier alpha value is -1.53. The topological polar surface area (TPSA) is 25.6 Å². The van der Waals surface area contributed by atoms with Gasteiger partial charge >= 0.3 is 6.73 Å². The van der Waals surface area contributed by atoms with Crippen LogP contribution in [0.15, 0.2) is 24.3 Å². The molecule has 0 aromatic heterocycles. The van der Waals surface area contributed by atoms with Gasteiger partial charge in [-0.05, 0) is 24.2 Å². The number of nitrogens with one attached hydrogen (secondary N) is 1. The van der Waals surface area contributed by atoms with E-state index in [0.717, 1.165) is 18.8 Å². The molecule has 3 heteroatoms. The summed E-state index contributed by atoms with van der Waals surface area (Å²) in [7, 11) is 0. The van der Waals surface area contributed by atoms with Crippen molar-refractivity contribution in [1.29, 1.82) is 0 Å². The molecule has 14 heavy (non-hydrogen) atoms. The number of nitrogens with zero attached hydrogens (tertiary/aromatic N) is 1. The van der Waals surface area contributed by atoms with Gasteiger partial charge in [0.25, 0.3) is 0 Å². The summed E-state index contributed by atoms with van der Waals surface area (Å²) in [6.07, 6.45) is 0. The molecule has 0 amide bonds. The van der Waals surface area contributed by atoms with Crippen molar-refractivity contribution < 1.29 is 4.74 Å². The number of hydrogen-bond donors (Lipinski definition) is 1. The van der Waals surface area contributed by atoms with Gasteiger partial charge < -0.3 is 10.1 Å². The standard InChI is InChI=1S/C11H14N2O/c1-3-13-8-10-4-6-11(7-5-10)14-9-12-2/h4-7,13H,3,8-9H2,1H3. The molecule has 0 fully saturated rings. The molecule has 74 valence electrons. The van der Waals surface area contributed by atoms with Crippen molar-refractivity contribution >= 4 is 0 Å². The molecule has 0 unspecified atom stereocenters. The van der Waals surface area contributed by atoms with E-state index in [-0.39, 0.29) is 6.73 Å². The molecular weight excluding hydrogens is 176 g/mol. The number of rotatable bonds is 5. The van der Waals surface area contributed by atoms with Crippen LogP contribution in [0.5, 0.6) is 5.75 Å². The molecule has 0 bridgehead atoms. The highest BCUT2D eigenvalue weighted by Crippen LogP contribution is 2.11. The first-order valence-electron chi connectivity index (χ1n) is 4.62. The van der Waals surface area contributed by atoms with Gasteiger partial charge in [-0.2, -0.15) is 0 Å². The molecular formula is C11H14N2O. The van der Waals surface area contributed by atoms with Crippen LogP contribution < -0.4 is 10.1 Å². The van der Waals surface area contributed by atoms with E-state index in [4.69, 9.17) is 11.3 Å². The van der Waals surface area contributed by atoms with Crippen LogP contribution in [0.25, 0.3) is 4.85 Å². The number of ether oxygens (including phenoxy) is 1. The predicted octanol–water partition coefficient (Wildman–Crippen LogP) is 2.05. The van der Waals surface area contributed by atoms with Gasteiger partial charge in [-0.15, -0.1) is 0 Å². The minimum absolute atomic E-state index is 0.0898. The molecule has 1 aromatic carbocycles. The van der Waals surface area contributed by atoms with Crippen LogP contribution >= 0.6 is 0 Å². The lowest BCUT2D eigenvalue weighted by atomic mass is 10.2. The molecule has 3 nitrogen and oxygen atoms in total. The van der Waals surface area contributed by atoms with Crippen molar-refractivity contribution in [3.63, 3.8) is 0 Å². The van der Waals surface area contributed by atoms with Crippen molar-refractivity contribution in [2.75, 3.05) is 13.3 Å². The van der Waals surface area contributed by atoms with Crippen LogP contribution in [0, 0.1) is 6.57 Å². The molecule has 0 atom stereocenters. The van der Waals surface area contributed by atoms with E-state index in [1.807, 2.05) is 24.3 Å². The van der Waals surface area contributed by atoms with Gasteiger partial charge in [0.1, 0.15) is 5.75 Å². The molecule has 0 heterocycles. The van der Waals surface area contributed by atoms with Gasteiger partial charge in [0.15, 0.2) is 0 Å². The fourth-order valence-electron chi connectivity index (χ4n) is 1.08. The Morgan fingerprint density at radius 1 is 1.36 bits per heavy atom. The first-order chi connectivity index (χ1) is 6.86. The molecule has 0 spiro atoms. The fourth-order valence-corrected chi connectivity index (χ4v) is 1.08. The number of hydrogen-bond acceptors (Lipinski definition) is 2. The summed E-state index contributed by atoms with van der Waals surface area (Å²) in [6.45, 7) is 10.6. The molecule has 0 aliphatic heterocycles. The van der Waals surface area contributed by atoms with Crippen molar-refractivity contribution in [2.45, 2.75) is 13.5 Å². The Morgan fingerprint density at radius 3 is 2.64 bits per heavy atom. The first kappa shape index (κ1) is 10.6. The zero-order chi connectivity index (χ0) is 10.2. The third-order valence-electron chi connectivity index (χ3n) is 1.80. The van der Waals surface area contributed by atoms with Crippen molar-refractivity contribution in [3.8, 4) is 5.75 Å². The minimum Gasteiger partial charge on any atom is -0.426 e. The van der Waals surface area contributed by atoms with E-state index >= 15 is 0 Å². The maximum Gasteiger partial charge on any atom is 0.357 e. The minimum atomic E-state index is 0.0898. The summed E-state index contributed by atoms with van der Waals surface area (Å²) in [5.41, 5.74) is 1.22. The van der Waals surface area contributed by atoms with Crippen LogP contribution in [0.3, 0.4) is 0 Å². The molecule has 1 N–H and O–H groups in total. The third kappa shape index (κ3) is 3.46. The van der Waals surface area contributed by atoms with E-state index in [9.17, 15) is 0 Å². The molecule has 0 radical (unpaired) electrons. The normalized spacial score (nSPS) is 9.43. The fraction of sp³-hybridized carbons (Fsp3) is 0.364. The third-order valence-corrected chi connectivity index (χ3v) is 1.80. The Bertz CT molecular complexity index is 300. The zero-order valence-electron chi connectivity index (χ0n) is 8.29. The monoisotopic (exact) mass is 190 g/mol. The van der Waals surface area contributed by atoms with E-state index < -0.39 is 0 Å². The Kier molecular flexibility index (Phi) is 4.53. The maximum absolute atomic E-state index is 6.58. The molecule has 0 aliphatic carbocycles. The van der Waals surface area contributed by atoms with Gasteiger partial charge in [-0.25, -0.2) is 6.57 Å². The van der Waals surface area contributed by atoms with Crippen molar-refractivity contribution in [2.24, 2.45) is 0 Å². The summed E-state index contributed by atoms with van der Waals surface area (Å²) in [6, 6.07) is 7.78. The smallest absolute Gasteiger partial charge is 0.357 e. The predicted molar refractivity (Wildman–Crippen MR) is 55.9 cm³/mol. The van der Waals surface area contributed by atoms with Crippen LogP contribution in [-0.2, 0) is 6.54 Å². The Morgan fingerprint density at radius 2 is 2.07 bits per heavy atom. The SMILES string of the molecule is [C-]#[N+]COc1ccc(CNCC)cc1. The largest absolute Gasteiger partial charge is 0.426 e. The maximum atomic E-state index is 6.58. The Labute approximate surface area is 84.5 Å². The zero-order valence-corrected chi connectivity index (χ0v) is 8.29.